The minimum atomic E-state index is -0.134. The highest BCUT2D eigenvalue weighted by molar-refractivity contribution is 5.91. The van der Waals surface area contributed by atoms with E-state index >= 15 is 0 Å². The predicted molar refractivity (Wildman–Crippen MR) is 129 cm³/mol. The van der Waals surface area contributed by atoms with Crippen molar-refractivity contribution in [3.05, 3.63) is 52.1 Å². The van der Waals surface area contributed by atoms with Crippen LogP contribution in [-0.2, 0) is 7.05 Å². The standard InChI is InChI=1S/C25H33N5O2/c1-4-30-11-8-18(9-12-30)20-7-6-19(14-17(20)2)21-15-22-23(25(32)29(3)16-27-22)24(28-21)26-10-5-13-31/h6-7,14-16,18,31H,4-5,8-13H2,1-3H3,(H,26,28). The molecule has 1 saturated heterocycles. The lowest BCUT2D eigenvalue weighted by molar-refractivity contribution is 0.222. The van der Waals surface area contributed by atoms with Crippen LogP contribution in [-0.4, -0.2) is 57.3 Å². The van der Waals surface area contributed by atoms with E-state index in [4.69, 9.17) is 10.1 Å². The number of pyridine rings is 1. The van der Waals surface area contributed by atoms with Gasteiger partial charge >= 0.3 is 0 Å². The van der Waals surface area contributed by atoms with Gasteiger partial charge in [0, 0.05) is 25.8 Å². The van der Waals surface area contributed by atoms with Crippen LogP contribution in [0, 0.1) is 6.92 Å². The van der Waals surface area contributed by atoms with Gasteiger partial charge in [0.05, 0.1) is 17.5 Å². The van der Waals surface area contributed by atoms with Gasteiger partial charge in [-0.05, 0) is 75.0 Å². The normalized spacial score (nSPS) is 15.4. The number of hydrogen-bond donors (Lipinski definition) is 2. The van der Waals surface area contributed by atoms with Gasteiger partial charge in [-0.2, -0.15) is 0 Å². The summed E-state index contributed by atoms with van der Waals surface area (Å²) >= 11 is 0. The maximum absolute atomic E-state index is 12.7. The number of nitrogens with zero attached hydrogens (tertiary/aromatic N) is 4. The van der Waals surface area contributed by atoms with Gasteiger partial charge in [0.25, 0.3) is 5.56 Å². The van der Waals surface area contributed by atoms with Crippen molar-refractivity contribution in [2.45, 2.75) is 39.0 Å². The van der Waals surface area contributed by atoms with E-state index in [9.17, 15) is 4.79 Å². The van der Waals surface area contributed by atoms with E-state index in [1.54, 1.807) is 13.4 Å². The molecule has 1 aliphatic rings. The number of benzene rings is 1. The van der Waals surface area contributed by atoms with E-state index in [1.807, 2.05) is 6.07 Å². The van der Waals surface area contributed by atoms with Crippen molar-refractivity contribution in [2.24, 2.45) is 7.05 Å². The van der Waals surface area contributed by atoms with Crippen molar-refractivity contribution in [1.29, 1.82) is 0 Å². The molecule has 0 atom stereocenters. The first-order chi connectivity index (χ1) is 15.5. The van der Waals surface area contributed by atoms with Crippen molar-refractivity contribution >= 4 is 16.7 Å². The quantitative estimate of drug-likeness (QED) is 0.554. The molecule has 1 aromatic carbocycles. The Labute approximate surface area is 189 Å². The molecule has 0 bridgehead atoms. The molecule has 0 saturated carbocycles. The van der Waals surface area contributed by atoms with Crippen LogP contribution in [0.4, 0.5) is 5.82 Å². The monoisotopic (exact) mass is 435 g/mol. The number of nitrogens with one attached hydrogen (secondary N) is 1. The Hall–Kier alpha value is -2.77. The summed E-state index contributed by atoms with van der Waals surface area (Å²) < 4.78 is 1.46. The number of aliphatic hydroxyl groups excluding tert-OH is 1. The van der Waals surface area contributed by atoms with Gasteiger partial charge in [0.1, 0.15) is 11.2 Å². The highest BCUT2D eigenvalue weighted by Crippen LogP contribution is 2.33. The fourth-order valence-corrected chi connectivity index (χ4v) is 4.64. The summed E-state index contributed by atoms with van der Waals surface area (Å²) in [6.45, 7) is 8.49. The lowest BCUT2D eigenvalue weighted by Crippen LogP contribution is -2.32. The number of piperidine rings is 1. The summed E-state index contributed by atoms with van der Waals surface area (Å²) in [5, 5.41) is 12.8. The molecule has 3 heterocycles. The SMILES string of the molecule is CCN1CCC(c2ccc(-c3cc4ncn(C)c(=O)c4c(NCCCO)n3)cc2C)CC1. The van der Waals surface area contributed by atoms with E-state index in [2.05, 4.69) is 47.2 Å². The van der Waals surface area contributed by atoms with Crippen LogP contribution < -0.4 is 10.9 Å². The van der Waals surface area contributed by atoms with Crippen molar-refractivity contribution < 1.29 is 5.11 Å². The highest BCUT2D eigenvalue weighted by atomic mass is 16.3. The second-order valence-corrected chi connectivity index (χ2v) is 8.69. The second-order valence-electron chi connectivity index (χ2n) is 8.69. The summed E-state index contributed by atoms with van der Waals surface area (Å²) in [4.78, 5) is 24.5. The number of rotatable bonds is 7. The van der Waals surface area contributed by atoms with Crippen molar-refractivity contribution in [3.8, 4) is 11.3 Å². The van der Waals surface area contributed by atoms with Crippen molar-refractivity contribution in [2.75, 3.05) is 38.1 Å². The Bertz CT molecular complexity index is 1150. The molecule has 0 radical (unpaired) electrons. The maximum atomic E-state index is 12.7. The Morgan fingerprint density at radius 3 is 2.69 bits per heavy atom. The molecule has 0 unspecified atom stereocenters. The van der Waals surface area contributed by atoms with Gasteiger partial charge in [-0.1, -0.05) is 19.1 Å². The minimum Gasteiger partial charge on any atom is -0.396 e. The molecule has 0 spiro atoms. The summed E-state index contributed by atoms with van der Waals surface area (Å²) in [7, 11) is 1.69. The van der Waals surface area contributed by atoms with Crippen LogP contribution in [0.25, 0.3) is 22.2 Å². The molecule has 2 N–H and O–H groups in total. The van der Waals surface area contributed by atoms with E-state index in [-0.39, 0.29) is 12.2 Å². The van der Waals surface area contributed by atoms with Gasteiger partial charge in [-0.3, -0.25) is 4.79 Å². The Balaban J connectivity index is 1.69. The van der Waals surface area contributed by atoms with Gasteiger partial charge in [-0.25, -0.2) is 9.97 Å². The largest absolute Gasteiger partial charge is 0.396 e. The average molecular weight is 436 g/mol. The van der Waals surface area contributed by atoms with Gasteiger partial charge in [0.2, 0.25) is 0 Å². The summed E-state index contributed by atoms with van der Waals surface area (Å²) in [5.74, 6) is 1.13. The van der Waals surface area contributed by atoms with E-state index in [0.29, 0.717) is 35.6 Å². The third-order valence-corrected chi connectivity index (χ3v) is 6.57. The van der Waals surface area contributed by atoms with Gasteiger partial charge in [-0.15, -0.1) is 0 Å². The first-order valence-corrected chi connectivity index (χ1v) is 11.6. The van der Waals surface area contributed by atoms with E-state index < -0.39 is 0 Å². The smallest absolute Gasteiger partial charge is 0.264 e. The first-order valence-electron chi connectivity index (χ1n) is 11.6. The molecule has 0 aliphatic carbocycles. The Morgan fingerprint density at radius 1 is 1.22 bits per heavy atom. The molecule has 170 valence electrons. The fraction of sp³-hybridized carbons (Fsp3) is 0.480. The summed E-state index contributed by atoms with van der Waals surface area (Å²) in [6.07, 6.45) is 4.53. The lowest BCUT2D eigenvalue weighted by atomic mass is 9.86. The average Bonchev–Trinajstić information content (AvgIpc) is 2.81. The van der Waals surface area contributed by atoms with Crippen LogP contribution in [0.1, 0.15) is 43.2 Å². The number of anilines is 1. The summed E-state index contributed by atoms with van der Waals surface area (Å²) in [5.41, 5.74) is 5.01. The predicted octanol–water partition coefficient (Wildman–Crippen LogP) is 3.30. The zero-order valence-corrected chi connectivity index (χ0v) is 19.3. The minimum absolute atomic E-state index is 0.0821. The molecular weight excluding hydrogens is 402 g/mol. The number of aromatic nitrogens is 3. The zero-order valence-electron chi connectivity index (χ0n) is 19.3. The molecule has 1 fully saturated rings. The lowest BCUT2D eigenvalue weighted by Gasteiger charge is -2.32. The molecule has 7 heteroatoms. The second kappa shape index (κ2) is 9.79. The van der Waals surface area contributed by atoms with Crippen LogP contribution in [0.5, 0.6) is 0 Å². The van der Waals surface area contributed by atoms with E-state index in [1.165, 1.54) is 28.5 Å². The molecule has 7 nitrogen and oxygen atoms in total. The Morgan fingerprint density at radius 2 is 2.00 bits per heavy atom. The molecule has 3 aromatic rings. The molecular formula is C25H33N5O2. The van der Waals surface area contributed by atoms with Gasteiger partial charge < -0.3 is 19.9 Å². The summed E-state index contributed by atoms with van der Waals surface area (Å²) in [6, 6.07) is 8.48. The topological polar surface area (TPSA) is 83.3 Å². The molecule has 0 amide bonds. The van der Waals surface area contributed by atoms with Crippen LogP contribution in [0.2, 0.25) is 0 Å². The Kier molecular flexibility index (Phi) is 6.86. The van der Waals surface area contributed by atoms with Gasteiger partial charge in [0.15, 0.2) is 0 Å². The van der Waals surface area contributed by atoms with E-state index in [0.717, 1.165) is 30.9 Å². The van der Waals surface area contributed by atoms with Crippen molar-refractivity contribution in [3.63, 3.8) is 0 Å². The maximum Gasteiger partial charge on any atom is 0.264 e. The molecule has 4 rings (SSSR count). The first kappa shape index (κ1) is 22.4. The number of likely N-dealkylation sites (tertiary alicyclic amines) is 1. The number of hydrogen-bond acceptors (Lipinski definition) is 6. The zero-order chi connectivity index (χ0) is 22.7. The highest BCUT2D eigenvalue weighted by Gasteiger charge is 2.21. The number of aliphatic hydroxyl groups is 1. The van der Waals surface area contributed by atoms with Crippen LogP contribution in [0.3, 0.4) is 0 Å². The molecule has 32 heavy (non-hydrogen) atoms. The number of fused-ring (bicyclic) bond motifs is 1. The van der Waals surface area contributed by atoms with Crippen LogP contribution in [0.15, 0.2) is 35.4 Å². The third-order valence-electron chi connectivity index (χ3n) is 6.57. The van der Waals surface area contributed by atoms with Crippen LogP contribution >= 0.6 is 0 Å². The third kappa shape index (κ3) is 4.54. The molecule has 1 aliphatic heterocycles. The fourth-order valence-electron chi connectivity index (χ4n) is 4.64. The molecule has 2 aromatic heterocycles. The number of aryl methyl sites for hydroxylation is 2. The van der Waals surface area contributed by atoms with Crippen molar-refractivity contribution in [1.82, 2.24) is 19.4 Å².